The van der Waals surface area contributed by atoms with Crippen molar-refractivity contribution < 1.29 is 0 Å². The molecule has 5 nitrogen and oxygen atoms in total. The third-order valence-electron chi connectivity index (χ3n) is 2.95. The molecule has 0 aliphatic carbocycles. The largest absolute Gasteiger partial charge is 0.351 e. The lowest BCUT2D eigenvalue weighted by Gasteiger charge is -2.31. The second-order valence-corrected chi connectivity index (χ2v) is 4.73. The van der Waals surface area contributed by atoms with Crippen molar-refractivity contribution in [2.45, 2.75) is 25.8 Å². The molecule has 0 aromatic carbocycles. The van der Waals surface area contributed by atoms with Crippen LogP contribution in [0.4, 0.5) is 5.95 Å². The van der Waals surface area contributed by atoms with Crippen molar-refractivity contribution in [1.29, 1.82) is 0 Å². The normalized spacial score (nSPS) is 18.3. The van der Waals surface area contributed by atoms with Crippen LogP contribution >= 0.6 is 23.2 Å². The first-order valence-corrected chi connectivity index (χ1v) is 6.49. The van der Waals surface area contributed by atoms with E-state index in [1.165, 1.54) is 0 Å². The summed E-state index contributed by atoms with van der Waals surface area (Å²) in [5, 5.41) is 3.50. The van der Waals surface area contributed by atoms with Gasteiger partial charge in [-0.3, -0.25) is 0 Å². The average Bonchev–Trinajstić information content (AvgIpc) is 2.28. The molecule has 1 fully saturated rings. The van der Waals surface area contributed by atoms with E-state index in [9.17, 15) is 0 Å². The van der Waals surface area contributed by atoms with Crippen LogP contribution in [0.5, 0.6) is 0 Å². The van der Waals surface area contributed by atoms with E-state index in [0.29, 0.717) is 12.0 Å². The summed E-state index contributed by atoms with van der Waals surface area (Å²) in [5.74, 6) is 0.463. The molecule has 0 bridgehead atoms. The van der Waals surface area contributed by atoms with Crippen molar-refractivity contribution in [3.05, 3.63) is 10.6 Å². The SMILES string of the molecule is CCN1CCC(Nc2nc(Cl)nc(Cl)n2)CC1. The molecule has 0 unspecified atom stereocenters. The van der Waals surface area contributed by atoms with Crippen LogP contribution in [-0.2, 0) is 0 Å². The van der Waals surface area contributed by atoms with Gasteiger partial charge in [0.15, 0.2) is 0 Å². The van der Waals surface area contributed by atoms with Crippen LogP contribution in [-0.4, -0.2) is 45.5 Å². The van der Waals surface area contributed by atoms with Crippen molar-refractivity contribution in [2.24, 2.45) is 0 Å². The van der Waals surface area contributed by atoms with Gasteiger partial charge in [-0.25, -0.2) is 0 Å². The molecule has 1 aromatic heterocycles. The predicted octanol–water partition coefficient (Wildman–Crippen LogP) is 2.07. The number of nitrogens with one attached hydrogen (secondary N) is 1. The van der Waals surface area contributed by atoms with Gasteiger partial charge in [-0.1, -0.05) is 6.92 Å². The maximum atomic E-state index is 5.72. The number of rotatable bonds is 3. The summed E-state index contributed by atoms with van der Waals surface area (Å²) in [6, 6.07) is 0.382. The molecule has 1 aliphatic rings. The van der Waals surface area contributed by atoms with E-state index in [4.69, 9.17) is 23.2 Å². The lowest BCUT2D eigenvalue weighted by Crippen LogP contribution is -2.39. The second-order valence-electron chi connectivity index (χ2n) is 4.05. The Bertz CT molecular complexity index is 359. The van der Waals surface area contributed by atoms with Crippen LogP contribution in [0.1, 0.15) is 19.8 Å². The number of likely N-dealkylation sites (tertiary alicyclic amines) is 1. The number of hydrogen-bond acceptors (Lipinski definition) is 5. The molecule has 0 amide bonds. The first-order valence-electron chi connectivity index (χ1n) is 5.73. The van der Waals surface area contributed by atoms with Crippen LogP contribution in [0, 0.1) is 0 Å². The van der Waals surface area contributed by atoms with Crippen LogP contribution in [0.2, 0.25) is 10.6 Å². The molecular formula is C10H15Cl2N5. The Labute approximate surface area is 111 Å². The quantitative estimate of drug-likeness (QED) is 0.916. The molecular weight excluding hydrogens is 261 g/mol. The van der Waals surface area contributed by atoms with Crippen LogP contribution in [0.15, 0.2) is 0 Å². The number of piperidine rings is 1. The summed E-state index contributed by atoms with van der Waals surface area (Å²) in [7, 11) is 0. The van der Waals surface area contributed by atoms with E-state index in [-0.39, 0.29) is 10.6 Å². The molecule has 2 heterocycles. The van der Waals surface area contributed by atoms with Gasteiger partial charge in [0.05, 0.1) is 0 Å². The van der Waals surface area contributed by atoms with Gasteiger partial charge in [-0.05, 0) is 42.6 Å². The molecule has 1 saturated heterocycles. The molecule has 17 heavy (non-hydrogen) atoms. The van der Waals surface area contributed by atoms with E-state index in [2.05, 4.69) is 32.1 Å². The zero-order valence-corrected chi connectivity index (χ0v) is 11.2. The molecule has 2 rings (SSSR count). The van der Waals surface area contributed by atoms with E-state index in [1.807, 2.05) is 0 Å². The summed E-state index contributed by atoms with van der Waals surface area (Å²) < 4.78 is 0. The highest BCUT2D eigenvalue weighted by atomic mass is 35.5. The highest BCUT2D eigenvalue weighted by molar-refractivity contribution is 6.31. The van der Waals surface area contributed by atoms with Crippen LogP contribution < -0.4 is 5.32 Å². The lowest BCUT2D eigenvalue weighted by atomic mass is 10.1. The smallest absolute Gasteiger partial charge is 0.228 e. The van der Waals surface area contributed by atoms with E-state index in [1.54, 1.807) is 0 Å². The van der Waals surface area contributed by atoms with Gasteiger partial charge in [0.25, 0.3) is 0 Å². The molecule has 0 saturated carbocycles. The minimum absolute atomic E-state index is 0.124. The van der Waals surface area contributed by atoms with Crippen molar-refractivity contribution in [1.82, 2.24) is 19.9 Å². The third kappa shape index (κ3) is 3.66. The molecule has 7 heteroatoms. The van der Waals surface area contributed by atoms with Gasteiger partial charge < -0.3 is 10.2 Å². The second kappa shape index (κ2) is 5.80. The van der Waals surface area contributed by atoms with Crippen molar-refractivity contribution >= 4 is 29.2 Å². The minimum Gasteiger partial charge on any atom is -0.351 e. The Hall–Kier alpha value is -0.650. The summed E-state index contributed by atoms with van der Waals surface area (Å²) in [5.41, 5.74) is 0. The summed E-state index contributed by atoms with van der Waals surface area (Å²) >= 11 is 11.4. The molecule has 0 spiro atoms. The monoisotopic (exact) mass is 275 g/mol. The van der Waals surface area contributed by atoms with Gasteiger partial charge >= 0.3 is 0 Å². The lowest BCUT2D eigenvalue weighted by molar-refractivity contribution is 0.229. The zero-order chi connectivity index (χ0) is 12.3. The molecule has 1 aliphatic heterocycles. The maximum Gasteiger partial charge on any atom is 0.228 e. The highest BCUT2D eigenvalue weighted by Gasteiger charge is 2.18. The Morgan fingerprint density at radius 1 is 1.18 bits per heavy atom. The van der Waals surface area contributed by atoms with Crippen molar-refractivity contribution in [3.63, 3.8) is 0 Å². The fourth-order valence-electron chi connectivity index (χ4n) is 1.97. The predicted molar refractivity (Wildman–Crippen MR) is 68.6 cm³/mol. The Morgan fingerprint density at radius 3 is 2.29 bits per heavy atom. The number of nitrogens with zero attached hydrogens (tertiary/aromatic N) is 4. The zero-order valence-electron chi connectivity index (χ0n) is 9.66. The minimum atomic E-state index is 0.124. The fourth-order valence-corrected chi connectivity index (χ4v) is 2.33. The maximum absolute atomic E-state index is 5.72. The summed E-state index contributed by atoms with van der Waals surface area (Å²) in [6.07, 6.45) is 2.16. The fraction of sp³-hybridized carbons (Fsp3) is 0.700. The number of aromatic nitrogens is 3. The van der Waals surface area contributed by atoms with Crippen molar-refractivity contribution in [3.8, 4) is 0 Å². The molecule has 0 radical (unpaired) electrons. The molecule has 0 atom stereocenters. The number of anilines is 1. The van der Waals surface area contributed by atoms with Crippen molar-refractivity contribution in [2.75, 3.05) is 25.0 Å². The van der Waals surface area contributed by atoms with Crippen LogP contribution in [0.25, 0.3) is 0 Å². The van der Waals surface area contributed by atoms with Gasteiger partial charge in [0.2, 0.25) is 16.5 Å². The van der Waals surface area contributed by atoms with Crippen LogP contribution in [0.3, 0.4) is 0 Å². The van der Waals surface area contributed by atoms with Gasteiger partial charge in [0, 0.05) is 19.1 Å². The standard InChI is InChI=1S/C10H15Cl2N5/c1-2-17-5-3-7(4-6-17)13-10-15-8(11)14-9(12)16-10/h7H,2-6H2,1H3,(H,13,14,15,16). The van der Waals surface area contributed by atoms with E-state index < -0.39 is 0 Å². The first-order chi connectivity index (χ1) is 8.17. The topological polar surface area (TPSA) is 53.9 Å². The first kappa shape index (κ1) is 12.8. The Morgan fingerprint density at radius 2 is 1.76 bits per heavy atom. The number of halogens is 2. The summed E-state index contributed by atoms with van der Waals surface area (Å²) in [4.78, 5) is 14.1. The van der Waals surface area contributed by atoms with Gasteiger partial charge in [-0.15, -0.1) is 0 Å². The highest BCUT2D eigenvalue weighted by Crippen LogP contribution is 2.16. The number of hydrogen-bond donors (Lipinski definition) is 1. The average molecular weight is 276 g/mol. The molecule has 1 N–H and O–H groups in total. The van der Waals surface area contributed by atoms with Gasteiger partial charge in [0.1, 0.15) is 0 Å². The third-order valence-corrected chi connectivity index (χ3v) is 3.29. The summed E-state index contributed by atoms with van der Waals surface area (Å²) in [6.45, 7) is 5.48. The Kier molecular flexibility index (Phi) is 4.36. The van der Waals surface area contributed by atoms with E-state index in [0.717, 1.165) is 32.5 Å². The molecule has 94 valence electrons. The van der Waals surface area contributed by atoms with E-state index >= 15 is 0 Å². The Balaban J connectivity index is 1.93. The molecule has 1 aromatic rings. The van der Waals surface area contributed by atoms with Gasteiger partial charge in [-0.2, -0.15) is 15.0 Å².